The molecular weight excluding hydrogens is 244 g/mol. The normalized spacial score (nSPS) is 10.7. The third kappa shape index (κ3) is 5.36. The Bertz CT molecular complexity index is 438. The Hall–Kier alpha value is -1.30. The molecule has 0 spiro atoms. The fraction of sp³-hybridized carbons (Fsp3) is 0.556. The Balaban J connectivity index is 2.79. The monoisotopic (exact) mass is 272 g/mol. The van der Waals surface area contributed by atoms with E-state index in [1.807, 2.05) is 6.07 Å². The zero-order valence-electron chi connectivity index (χ0n) is 13.2. The van der Waals surface area contributed by atoms with Crippen LogP contribution < -0.4 is 5.73 Å². The van der Waals surface area contributed by atoms with Crippen LogP contribution in [-0.4, -0.2) is 24.5 Å². The highest BCUT2D eigenvalue weighted by Crippen LogP contribution is 2.15. The average Bonchev–Trinajstić information content (AvgIpc) is 2.50. The summed E-state index contributed by atoms with van der Waals surface area (Å²) >= 11 is 0. The smallest absolute Gasteiger partial charge is 0.0555 e. The molecule has 0 aliphatic heterocycles. The van der Waals surface area contributed by atoms with Crippen molar-refractivity contribution in [3.05, 3.63) is 35.4 Å². The van der Waals surface area contributed by atoms with Crippen molar-refractivity contribution in [2.45, 2.75) is 40.2 Å². The average molecular weight is 272 g/mol. The van der Waals surface area contributed by atoms with Crippen molar-refractivity contribution >= 4 is 0 Å². The third-order valence-corrected chi connectivity index (χ3v) is 3.85. The predicted molar refractivity (Wildman–Crippen MR) is 87.4 cm³/mol. The largest absolute Gasteiger partial charge is 0.320 e. The Kier molecular flexibility index (Phi) is 8.02. The standard InChI is InChI=1S/C18H28N2/c1-4-16(5-2)14-20(6-3)15-18-11-8-7-10-17(18)12-9-13-19/h7-8,10-11,16H,4-6,13-15,19H2,1-3H3. The van der Waals surface area contributed by atoms with E-state index in [9.17, 15) is 0 Å². The van der Waals surface area contributed by atoms with Crippen molar-refractivity contribution in [2.24, 2.45) is 11.7 Å². The minimum Gasteiger partial charge on any atom is -0.320 e. The van der Waals surface area contributed by atoms with Gasteiger partial charge in [-0.3, -0.25) is 4.90 Å². The van der Waals surface area contributed by atoms with Gasteiger partial charge in [-0.2, -0.15) is 0 Å². The van der Waals surface area contributed by atoms with E-state index in [4.69, 9.17) is 5.73 Å². The van der Waals surface area contributed by atoms with Crippen LogP contribution in [0.3, 0.4) is 0 Å². The van der Waals surface area contributed by atoms with Crippen LogP contribution in [0.4, 0.5) is 0 Å². The molecule has 0 saturated carbocycles. The summed E-state index contributed by atoms with van der Waals surface area (Å²) in [6, 6.07) is 8.40. The number of hydrogen-bond donors (Lipinski definition) is 1. The molecule has 20 heavy (non-hydrogen) atoms. The first-order valence-electron chi connectivity index (χ1n) is 7.74. The van der Waals surface area contributed by atoms with E-state index >= 15 is 0 Å². The zero-order chi connectivity index (χ0) is 14.8. The van der Waals surface area contributed by atoms with Crippen LogP contribution in [0.25, 0.3) is 0 Å². The molecule has 0 bridgehead atoms. The lowest BCUT2D eigenvalue weighted by Crippen LogP contribution is -2.29. The molecule has 0 amide bonds. The van der Waals surface area contributed by atoms with Gasteiger partial charge in [0, 0.05) is 18.7 Å². The fourth-order valence-electron chi connectivity index (χ4n) is 2.38. The molecule has 2 nitrogen and oxygen atoms in total. The van der Waals surface area contributed by atoms with Gasteiger partial charge in [-0.05, 0) is 24.1 Å². The van der Waals surface area contributed by atoms with E-state index in [-0.39, 0.29) is 0 Å². The van der Waals surface area contributed by atoms with E-state index in [0.717, 1.165) is 24.6 Å². The molecule has 0 aromatic heterocycles. The lowest BCUT2D eigenvalue weighted by Gasteiger charge is -2.25. The quantitative estimate of drug-likeness (QED) is 0.772. The second-order valence-electron chi connectivity index (χ2n) is 5.17. The number of nitrogens with two attached hydrogens (primary N) is 1. The van der Waals surface area contributed by atoms with Gasteiger partial charge in [0.25, 0.3) is 0 Å². The lowest BCUT2D eigenvalue weighted by molar-refractivity contribution is 0.226. The Labute approximate surface area is 124 Å². The molecule has 2 N–H and O–H groups in total. The first kappa shape index (κ1) is 16.8. The highest BCUT2D eigenvalue weighted by molar-refractivity contribution is 5.41. The Morgan fingerprint density at radius 1 is 1.15 bits per heavy atom. The SMILES string of the molecule is CCC(CC)CN(CC)Cc1ccccc1C#CCN. The van der Waals surface area contributed by atoms with Crippen molar-refractivity contribution in [2.75, 3.05) is 19.6 Å². The summed E-state index contributed by atoms with van der Waals surface area (Å²) in [5.74, 6) is 6.93. The summed E-state index contributed by atoms with van der Waals surface area (Å²) in [4.78, 5) is 2.51. The zero-order valence-corrected chi connectivity index (χ0v) is 13.2. The third-order valence-electron chi connectivity index (χ3n) is 3.85. The first-order valence-corrected chi connectivity index (χ1v) is 7.74. The van der Waals surface area contributed by atoms with Crippen LogP contribution in [0, 0.1) is 17.8 Å². The highest BCUT2D eigenvalue weighted by atomic mass is 15.1. The second kappa shape index (κ2) is 9.58. The van der Waals surface area contributed by atoms with E-state index in [2.05, 4.69) is 55.7 Å². The van der Waals surface area contributed by atoms with Gasteiger partial charge in [-0.1, -0.05) is 63.7 Å². The molecule has 0 heterocycles. The van der Waals surface area contributed by atoms with E-state index < -0.39 is 0 Å². The van der Waals surface area contributed by atoms with Gasteiger partial charge in [0.2, 0.25) is 0 Å². The van der Waals surface area contributed by atoms with Crippen LogP contribution in [0.15, 0.2) is 24.3 Å². The van der Waals surface area contributed by atoms with Gasteiger partial charge in [0.1, 0.15) is 0 Å². The van der Waals surface area contributed by atoms with Crippen molar-refractivity contribution in [3.63, 3.8) is 0 Å². The van der Waals surface area contributed by atoms with Crippen LogP contribution >= 0.6 is 0 Å². The molecule has 0 unspecified atom stereocenters. The number of hydrogen-bond acceptors (Lipinski definition) is 2. The Morgan fingerprint density at radius 3 is 2.45 bits per heavy atom. The summed E-state index contributed by atoms with van der Waals surface area (Å²) in [6.07, 6.45) is 2.50. The summed E-state index contributed by atoms with van der Waals surface area (Å²) in [6.45, 7) is 10.4. The topological polar surface area (TPSA) is 29.3 Å². The minimum absolute atomic E-state index is 0.416. The highest BCUT2D eigenvalue weighted by Gasteiger charge is 2.11. The summed E-state index contributed by atoms with van der Waals surface area (Å²) < 4.78 is 0. The van der Waals surface area contributed by atoms with Gasteiger partial charge < -0.3 is 5.73 Å². The molecule has 1 aromatic carbocycles. The van der Waals surface area contributed by atoms with Gasteiger partial charge in [0.05, 0.1) is 6.54 Å². The van der Waals surface area contributed by atoms with Gasteiger partial charge in [-0.15, -0.1) is 0 Å². The van der Waals surface area contributed by atoms with Crippen molar-refractivity contribution < 1.29 is 0 Å². The molecule has 0 radical (unpaired) electrons. The maximum atomic E-state index is 5.47. The summed E-state index contributed by atoms with van der Waals surface area (Å²) in [7, 11) is 0. The van der Waals surface area contributed by atoms with Gasteiger partial charge >= 0.3 is 0 Å². The molecule has 1 rings (SSSR count). The van der Waals surface area contributed by atoms with Crippen molar-refractivity contribution in [1.29, 1.82) is 0 Å². The van der Waals surface area contributed by atoms with Gasteiger partial charge in [-0.25, -0.2) is 0 Å². The molecule has 0 aliphatic rings. The molecule has 110 valence electrons. The summed E-state index contributed by atoms with van der Waals surface area (Å²) in [5, 5.41) is 0. The molecule has 1 aromatic rings. The Morgan fingerprint density at radius 2 is 1.85 bits per heavy atom. The summed E-state index contributed by atoms with van der Waals surface area (Å²) in [5.41, 5.74) is 7.89. The number of rotatable bonds is 7. The van der Waals surface area contributed by atoms with Crippen molar-refractivity contribution in [3.8, 4) is 11.8 Å². The van der Waals surface area contributed by atoms with E-state index in [1.165, 1.54) is 24.9 Å². The molecule has 2 heteroatoms. The molecule has 0 saturated heterocycles. The molecule has 0 fully saturated rings. The van der Waals surface area contributed by atoms with Crippen LogP contribution in [0.5, 0.6) is 0 Å². The van der Waals surface area contributed by atoms with E-state index in [1.54, 1.807) is 0 Å². The maximum absolute atomic E-state index is 5.47. The second-order valence-corrected chi connectivity index (χ2v) is 5.17. The number of benzene rings is 1. The van der Waals surface area contributed by atoms with Crippen LogP contribution in [-0.2, 0) is 6.54 Å². The predicted octanol–water partition coefficient (Wildman–Crippen LogP) is 3.25. The minimum atomic E-state index is 0.416. The van der Waals surface area contributed by atoms with Crippen LogP contribution in [0.1, 0.15) is 44.7 Å². The molecule has 0 aliphatic carbocycles. The lowest BCUT2D eigenvalue weighted by atomic mass is 10.0. The fourth-order valence-corrected chi connectivity index (χ4v) is 2.38. The van der Waals surface area contributed by atoms with Gasteiger partial charge in [0.15, 0.2) is 0 Å². The van der Waals surface area contributed by atoms with Crippen molar-refractivity contribution in [1.82, 2.24) is 4.90 Å². The van der Waals surface area contributed by atoms with E-state index in [0.29, 0.717) is 6.54 Å². The maximum Gasteiger partial charge on any atom is 0.0555 e. The first-order chi connectivity index (χ1) is 9.74. The van der Waals surface area contributed by atoms with Crippen LogP contribution in [0.2, 0.25) is 0 Å². The number of nitrogens with zero attached hydrogens (tertiary/aromatic N) is 1. The molecular formula is C18H28N2. The molecule has 0 atom stereocenters.